The van der Waals surface area contributed by atoms with E-state index >= 15 is 0 Å². The van der Waals surface area contributed by atoms with Crippen LogP contribution >= 0.6 is 0 Å². The standard InChI is InChI=1S/C19H28N2O4/c1-14-11-21(12-15(2)25-14)19(22)20-17-8-3-4-9-18(17)24-13-16-7-5-6-10-23-16/h3-4,8-9,14-16H,5-7,10-13H2,1-2H3,(H,20,22). The number of hydrogen-bond acceptors (Lipinski definition) is 4. The first kappa shape index (κ1) is 18.0. The van der Waals surface area contributed by atoms with Crippen molar-refractivity contribution in [2.45, 2.75) is 51.4 Å². The molecule has 1 aromatic rings. The average molecular weight is 348 g/mol. The van der Waals surface area contributed by atoms with Gasteiger partial charge in [-0.05, 0) is 45.2 Å². The fourth-order valence-corrected chi connectivity index (χ4v) is 3.36. The molecule has 0 saturated carbocycles. The SMILES string of the molecule is CC1CN(C(=O)Nc2ccccc2OCC2CCCCO2)CC(C)O1. The third-order valence-electron chi connectivity index (χ3n) is 4.53. The number of carbonyl (C=O) groups is 1. The van der Waals surface area contributed by atoms with Crippen LogP contribution in [0.4, 0.5) is 10.5 Å². The van der Waals surface area contributed by atoms with Crippen molar-refractivity contribution in [2.24, 2.45) is 0 Å². The van der Waals surface area contributed by atoms with Gasteiger partial charge >= 0.3 is 6.03 Å². The summed E-state index contributed by atoms with van der Waals surface area (Å²) in [6, 6.07) is 7.42. The smallest absolute Gasteiger partial charge is 0.322 e. The minimum atomic E-state index is -0.119. The highest BCUT2D eigenvalue weighted by molar-refractivity contribution is 5.91. The number of nitrogens with zero attached hydrogens (tertiary/aromatic N) is 1. The number of benzene rings is 1. The molecule has 6 heteroatoms. The number of morpholine rings is 1. The number of rotatable bonds is 4. The van der Waals surface area contributed by atoms with E-state index in [1.165, 1.54) is 6.42 Å². The Labute approximate surface area is 149 Å². The summed E-state index contributed by atoms with van der Waals surface area (Å²) < 4.78 is 17.3. The molecule has 2 heterocycles. The van der Waals surface area contributed by atoms with E-state index in [9.17, 15) is 4.79 Å². The Bertz CT molecular complexity index is 564. The molecule has 2 aliphatic rings. The maximum Gasteiger partial charge on any atom is 0.322 e. The molecule has 2 fully saturated rings. The van der Waals surface area contributed by atoms with E-state index in [0.29, 0.717) is 31.1 Å². The molecule has 0 bridgehead atoms. The van der Waals surface area contributed by atoms with Gasteiger partial charge in [-0.15, -0.1) is 0 Å². The first-order valence-electron chi connectivity index (χ1n) is 9.16. The van der Waals surface area contributed by atoms with Gasteiger partial charge in [0.15, 0.2) is 0 Å². The maximum absolute atomic E-state index is 12.6. The summed E-state index contributed by atoms with van der Waals surface area (Å²) in [6.45, 7) is 6.47. The van der Waals surface area contributed by atoms with Gasteiger partial charge < -0.3 is 24.4 Å². The maximum atomic E-state index is 12.6. The van der Waals surface area contributed by atoms with Crippen LogP contribution in [0.5, 0.6) is 5.75 Å². The average Bonchev–Trinajstić information content (AvgIpc) is 2.61. The van der Waals surface area contributed by atoms with Gasteiger partial charge in [0.05, 0.1) is 24.0 Å². The van der Waals surface area contributed by atoms with Crippen LogP contribution in [-0.2, 0) is 9.47 Å². The number of hydrogen-bond donors (Lipinski definition) is 1. The van der Waals surface area contributed by atoms with Crippen molar-refractivity contribution in [3.05, 3.63) is 24.3 Å². The van der Waals surface area contributed by atoms with Gasteiger partial charge in [0.1, 0.15) is 12.4 Å². The molecular weight excluding hydrogens is 320 g/mol. The lowest BCUT2D eigenvalue weighted by Crippen LogP contribution is -2.49. The second-order valence-corrected chi connectivity index (χ2v) is 6.89. The van der Waals surface area contributed by atoms with Crippen LogP contribution in [0, 0.1) is 0 Å². The van der Waals surface area contributed by atoms with Crippen molar-refractivity contribution < 1.29 is 19.0 Å². The molecule has 0 radical (unpaired) electrons. The van der Waals surface area contributed by atoms with Gasteiger partial charge in [-0.25, -0.2) is 4.79 Å². The van der Waals surface area contributed by atoms with Crippen molar-refractivity contribution in [3.8, 4) is 5.75 Å². The summed E-state index contributed by atoms with van der Waals surface area (Å²) >= 11 is 0. The third kappa shape index (κ3) is 5.09. The molecule has 2 amide bonds. The van der Waals surface area contributed by atoms with Gasteiger partial charge in [-0.2, -0.15) is 0 Å². The molecule has 1 aromatic carbocycles. The number of ether oxygens (including phenoxy) is 3. The Morgan fingerprint density at radius 3 is 2.72 bits per heavy atom. The first-order chi connectivity index (χ1) is 12.1. The minimum Gasteiger partial charge on any atom is -0.489 e. The van der Waals surface area contributed by atoms with E-state index in [4.69, 9.17) is 14.2 Å². The third-order valence-corrected chi connectivity index (χ3v) is 4.53. The summed E-state index contributed by atoms with van der Waals surface area (Å²) in [7, 11) is 0. The fourth-order valence-electron chi connectivity index (χ4n) is 3.36. The van der Waals surface area contributed by atoms with Crippen LogP contribution in [-0.4, -0.2) is 55.5 Å². The summed E-state index contributed by atoms with van der Waals surface area (Å²) in [5, 5.41) is 2.97. The zero-order valence-corrected chi connectivity index (χ0v) is 15.1. The predicted molar refractivity (Wildman–Crippen MR) is 96.1 cm³/mol. The largest absolute Gasteiger partial charge is 0.489 e. The first-order valence-corrected chi connectivity index (χ1v) is 9.16. The molecule has 2 saturated heterocycles. The van der Waals surface area contributed by atoms with Crippen LogP contribution in [0.1, 0.15) is 33.1 Å². The monoisotopic (exact) mass is 348 g/mol. The van der Waals surface area contributed by atoms with Crippen LogP contribution in [0.25, 0.3) is 0 Å². The van der Waals surface area contributed by atoms with Crippen LogP contribution in [0.15, 0.2) is 24.3 Å². The second kappa shape index (κ2) is 8.54. The van der Waals surface area contributed by atoms with Crippen molar-refractivity contribution in [3.63, 3.8) is 0 Å². The Morgan fingerprint density at radius 1 is 1.24 bits per heavy atom. The highest BCUT2D eigenvalue weighted by Crippen LogP contribution is 2.26. The van der Waals surface area contributed by atoms with Gasteiger partial charge in [0, 0.05) is 19.7 Å². The Kier molecular flexibility index (Phi) is 6.15. The van der Waals surface area contributed by atoms with Crippen molar-refractivity contribution in [1.29, 1.82) is 0 Å². The Hall–Kier alpha value is -1.79. The fraction of sp³-hybridized carbons (Fsp3) is 0.632. The lowest BCUT2D eigenvalue weighted by atomic mass is 10.1. The molecule has 3 atom stereocenters. The van der Waals surface area contributed by atoms with Crippen LogP contribution in [0.3, 0.4) is 0 Å². The number of amides is 2. The number of para-hydroxylation sites is 2. The molecular formula is C19H28N2O4. The zero-order chi connectivity index (χ0) is 17.6. The molecule has 138 valence electrons. The summed E-state index contributed by atoms with van der Waals surface area (Å²) in [6.07, 6.45) is 3.56. The van der Waals surface area contributed by atoms with E-state index < -0.39 is 0 Å². The van der Waals surface area contributed by atoms with Gasteiger partial charge in [0.25, 0.3) is 0 Å². The van der Waals surface area contributed by atoms with Gasteiger partial charge in [-0.1, -0.05) is 12.1 Å². The van der Waals surface area contributed by atoms with Gasteiger partial charge in [0.2, 0.25) is 0 Å². The number of anilines is 1. The molecule has 0 spiro atoms. The summed E-state index contributed by atoms with van der Waals surface area (Å²) in [4.78, 5) is 14.4. The van der Waals surface area contributed by atoms with E-state index in [2.05, 4.69) is 5.32 Å². The summed E-state index contributed by atoms with van der Waals surface area (Å²) in [5.74, 6) is 0.680. The molecule has 6 nitrogen and oxygen atoms in total. The highest BCUT2D eigenvalue weighted by atomic mass is 16.5. The molecule has 3 unspecified atom stereocenters. The predicted octanol–water partition coefficient (Wildman–Crippen LogP) is 3.28. The zero-order valence-electron chi connectivity index (χ0n) is 15.1. The lowest BCUT2D eigenvalue weighted by Gasteiger charge is -2.35. The number of nitrogens with one attached hydrogen (secondary N) is 1. The second-order valence-electron chi connectivity index (χ2n) is 6.89. The number of carbonyl (C=O) groups excluding carboxylic acids is 1. The van der Waals surface area contributed by atoms with Gasteiger partial charge in [-0.3, -0.25) is 0 Å². The van der Waals surface area contributed by atoms with Crippen molar-refractivity contribution >= 4 is 11.7 Å². The van der Waals surface area contributed by atoms with E-state index in [-0.39, 0.29) is 24.3 Å². The van der Waals surface area contributed by atoms with Crippen molar-refractivity contribution in [2.75, 3.05) is 31.6 Å². The molecule has 0 aromatic heterocycles. The van der Waals surface area contributed by atoms with E-state index in [1.54, 1.807) is 4.90 Å². The van der Waals surface area contributed by atoms with Crippen molar-refractivity contribution in [1.82, 2.24) is 4.90 Å². The van der Waals surface area contributed by atoms with Crippen LogP contribution < -0.4 is 10.1 Å². The number of urea groups is 1. The minimum absolute atomic E-state index is 0.0458. The normalized spacial score (nSPS) is 27.0. The quantitative estimate of drug-likeness (QED) is 0.907. The lowest BCUT2D eigenvalue weighted by molar-refractivity contribution is -0.0530. The topological polar surface area (TPSA) is 60.0 Å². The van der Waals surface area contributed by atoms with E-state index in [0.717, 1.165) is 19.4 Å². The molecule has 0 aliphatic carbocycles. The molecule has 1 N–H and O–H groups in total. The molecule has 3 rings (SSSR count). The molecule has 25 heavy (non-hydrogen) atoms. The highest BCUT2D eigenvalue weighted by Gasteiger charge is 2.26. The van der Waals surface area contributed by atoms with E-state index in [1.807, 2.05) is 38.1 Å². The Morgan fingerprint density at radius 2 is 2.00 bits per heavy atom. The summed E-state index contributed by atoms with van der Waals surface area (Å²) in [5.41, 5.74) is 0.690. The Balaban J connectivity index is 1.59. The van der Waals surface area contributed by atoms with Crippen LogP contribution in [0.2, 0.25) is 0 Å². The molecule has 2 aliphatic heterocycles.